The van der Waals surface area contributed by atoms with Crippen molar-refractivity contribution < 1.29 is 40.9 Å². The van der Waals surface area contributed by atoms with Crippen molar-refractivity contribution in [3.05, 3.63) is 65.5 Å². The van der Waals surface area contributed by atoms with Crippen molar-refractivity contribution in [2.24, 2.45) is 5.92 Å². The molecule has 0 saturated carbocycles. The second-order valence-corrected chi connectivity index (χ2v) is 16.9. The third-order valence-corrected chi connectivity index (χ3v) is 12.9. The van der Waals surface area contributed by atoms with Crippen LogP contribution in [0.25, 0.3) is 0 Å². The Bertz CT molecular complexity index is 1720. The average molecular weight is 724 g/mol. The molecular weight excluding hydrogens is 679 g/mol. The summed E-state index contributed by atoms with van der Waals surface area (Å²) in [5, 5.41) is 11.9. The lowest BCUT2D eigenvalue weighted by Crippen LogP contribution is -2.48. The SMILES string of the molecule is COc1ccc(S(=O)(=O)Nc2ccc3c(c2)C(=O)N([C@@H](C)CO)C[C@H](C)[C@@H](CN(C)S(=O)(=O)c2cccs2)OCCCC[C@@H](C)O3)cc1. The minimum Gasteiger partial charge on any atom is -0.497 e. The van der Waals surface area contributed by atoms with Crippen LogP contribution in [0.5, 0.6) is 11.5 Å². The number of hydrogen-bond donors (Lipinski definition) is 2. The summed E-state index contributed by atoms with van der Waals surface area (Å²) >= 11 is 1.14. The number of methoxy groups -OCH3 is 1. The highest BCUT2D eigenvalue weighted by atomic mass is 32.2. The lowest BCUT2D eigenvalue weighted by atomic mass is 10.0. The smallest absolute Gasteiger partial charge is 0.261 e. The van der Waals surface area contributed by atoms with E-state index in [1.807, 2.05) is 13.8 Å². The molecule has 2 N–H and O–H groups in total. The van der Waals surface area contributed by atoms with Crippen LogP contribution < -0.4 is 14.2 Å². The number of hydrogen-bond acceptors (Lipinski definition) is 10. The van der Waals surface area contributed by atoms with Crippen molar-refractivity contribution in [3.63, 3.8) is 0 Å². The van der Waals surface area contributed by atoms with Crippen LogP contribution in [0.2, 0.25) is 0 Å². The number of carbonyl (C=O) groups is 1. The molecule has 48 heavy (non-hydrogen) atoms. The predicted octanol–water partition coefficient (Wildman–Crippen LogP) is 4.67. The fourth-order valence-electron chi connectivity index (χ4n) is 5.33. The molecule has 1 aromatic heterocycles. The van der Waals surface area contributed by atoms with Crippen LogP contribution in [0, 0.1) is 5.92 Å². The van der Waals surface area contributed by atoms with Crippen molar-refractivity contribution >= 4 is 43.0 Å². The molecule has 15 heteroatoms. The number of carbonyl (C=O) groups excluding carboxylic acids is 1. The number of ether oxygens (including phenoxy) is 3. The summed E-state index contributed by atoms with van der Waals surface area (Å²) in [7, 11) is -4.76. The van der Waals surface area contributed by atoms with Crippen LogP contribution in [0.15, 0.2) is 69.1 Å². The number of aliphatic hydroxyl groups is 1. The van der Waals surface area contributed by atoms with Crippen LogP contribution in [0.3, 0.4) is 0 Å². The van der Waals surface area contributed by atoms with Gasteiger partial charge in [0.05, 0.1) is 42.4 Å². The number of thiophene rings is 1. The first-order valence-electron chi connectivity index (χ1n) is 15.8. The molecule has 4 atom stereocenters. The molecule has 0 bridgehead atoms. The molecule has 12 nitrogen and oxygen atoms in total. The van der Waals surface area contributed by atoms with Crippen molar-refractivity contribution in [1.29, 1.82) is 0 Å². The largest absolute Gasteiger partial charge is 0.497 e. The van der Waals surface area contributed by atoms with E-state index < -0.39 is 38.1 Å². The Morgan fingerprint density at radius 2 is 1.83 bits per heavy atom. The third-order valence-electron chi connectivity index (χ3n) is 8.27. The summed E-state index contributed by atoms with van der Waals surface area (Å²) in [6, 6.07) is 13.1. The van der Waals surface area contributed by atoms with Gasteiger partial charge in [-0.15, -0.1) is 11.3 Å². The molecule has 1 aliphatic rings. The molecule has 0 saturated heterocycles. The van der Waals surface area contributed by atoms with E-state index in [1.54, 1.807) is 48.7 Å². The topological polar surface area (TPSA) is 152 Å². The van der Waals surface area contributed by atoms with E-state index in [4.69, 9.17) is 14.2 Å². The van der Waals surface area contributed by atoms with E-state index in [1.165, 1.54) is 41.6 Å². The second kappa shape index (κ2) is 16.5. The molecule has 4 rings (SSSR count). The van der Waals surface area contributed by atoms with Gasteiger partial charge in [-0.3, -0.25) is 9.52 Å². The normalized spacial score (nSPS) is 20.8. The number of aliphatic hydroxyl groups excluding tert-OH is 1. The second-order valence-electron chi connectivity index (χ2n) is 12.0. The summed E-state index contributed by atoms with van der Waals surface area (Å²) < 4.78 is 74.7. The number of anilines is 1. The molecule has 1 aliphatic heterocycles. The summed E-state index contributed by atoms with van der Waals surface area (Å²) in [6.45, 7) is 5.71. The first-order valence-corrected chi connectivity index (χ1v) is 19.6. The molecular formula is C33H45N3O9S3. The summed E-state index contributed by atoms with van der Waals surface area (Å²) in [6.07, 6.45) is 1.30. The van der Waals surface area contributed by atoms with E-state index in [2.05, 4.69) is 4.72 Å². The van der Waals surface area contributed by atoms with Gasteiger partial charge in [0.1, 0.15) is 15.7 Å². The summed E-state index contributed by atoms with van der Waals surface area (Å²) in [5.41, 5.74) is 0.276. The van der Waals surface area contributed by atoms with Crippen LogP contribution in [-0.4, -0.2) is 95.8 Å². The van der Waals surface area contributed by atoms with E-state index in [0.29, 0.717) is 25.2 Å². The third kappa shape index (κ3) is 9.27. The van der Waals surface area contributed by atoms with Gasteiger partial charge in [0.15, 0.2) is 0 Å². The van der Waals surface area contributed by atoms with Gasteiger partial charge < -0.3 is 24.2 Å². The Hall–Kier alpha value is -3.21. The number of amides is 1. The van der Waals surface area contributed by atoms with Crippen LogP contribution in [-0.2, 0) is 24.8 Å². The zero-order valence-corrected chi connectivity index (χ0v) is 30.3. The first-order chi connectivity index (χ1) is 22.8. The zero-order valence-electron chi connectivity index (χ0n) is 27.9. The lowest BCUT2D eigenvalue weighted by molar-refractivity contribution is -0.00832. The van der Waals surface area contributed by atoms with E-state index >= 15 is 0 Å². The van der Waals surface area contributed by atoms with E-state index in [9.17, 15) is 26.7 Å². The summed E-state index contributed by atoms with van der Waals surface area (Å²) in [4.78, 5) is 15.9. The van der Waals surface area contributed by atoms with Crippen molar-refractivity contribution in [2.75, 3.05) is 45.2 Å². The number of rotatable bonds is 10. The lowest BCUT2D eigenvalue weighted by Gasteiger charge is -2.35. The van der Waals surface area contributed by atoms with Crippen molar-refractivity contribution in [3.8, 4) is 11.5 Å². The van der Waals surface area contributed by atoms with Gasteiger partial charge >= 0.3 is 0 Å². The van der Waals surface area contributed by atoms with Gasteiger partial charge in [0, 0.05) is 38.3 Å². The number of likely N-dealkylation sites (N-methyl/N-ethyl adjacent to an activating group) is 1. The van der Waals surface area contributed by atoms with Crippen molar-refractivity contribution in [1.82, 2.24) is 9.21 Å². The molecule has 264 valence electrons. The number of benzene rings is 2. The fraction of sp³-hybridized carbons (Fsp3) is 0.485. The summed E-state index contributed by atoms with van der Waals surface area (Å²) in [5.74, 6) is -0.0411. The van der Waals surface area contributed by atoms with Gasteiger partial charge in [0.25, 0.3) is 26.0 Å². The number of nitrogens with one attached hydrogen (secondary N) is 1. The van der Waals surface area contributed by atoms with E-state index in [0.717, 1.165) is 17.8 Å². The maximum Gasteiger partial charge on any atom is 0.261 e. The van der Waals surface area contributed by atoms with Gasteiger partial charge in [-0.05, 0) is 87.0 Å². The van der Waals surface area contributed by atoms with Crippen LogP contribution in [0.4, 0.5) is 5.69 Å². The maximum absolute atomic E-state index is 14.4. The quantitative estimate of drug-likeness (QED) is 0.304. The monoisotopic (exact) mass is 723 g/mol. The maximum atomic E-state index is 14.4. The standard InChI is InChI=1S/C33H45N3O9S3/c1-23-20-36(24(2)22-37)33(38)29-19-26(34-47(39,40)28-14-12-27(43-5)13-15-28)11-16-30(29)45-25(3)9-6-7-17-44-31(23)21-35(4)48(41,42)32-10-8-18-46-32/h8,10-16,18-19,23-25,31,34,37H,6-7,9,17,20-22H2,1-5H3/t23-,24-,25+,31+/m0/s1. The minimum atomic E-state index is -4.01. The first kappa shape index (κ1) is 37.6. The minimum absolute atomic E-state index is 0.0149. The number of nitrogens with zero attached hydrogens (tertiary/aromatic N) is 2. The van der Waals surface area contributed by atoms with Crippen LogP contribution >= 0.6 is 11.3 Å². The molecule has 0 radical (unpaired) electrons. The average Bonchev–Trinajstić information content (AvgIpc) is 3.62. The van der Waals surface area contributed by atoms with Gasteiger partial charge in [-0.2, -0.15) is 4.31 Å². The van der Waals surface area contributed by atoms with Crippen LogP contribution in [0.1, 0.15) is 50.4 Å². The van der Waals surface area contributed by atoms with Crippen molar-refractivity contribution in [2.45, 2.75) is 67.4 Å². The Labute approximate surface area is 287 Å². The highest BCUT2D eigenvalue weighted by molar-refractivity contribution is 7.92. The molecule has 0 unspecified atom stereocenters. The molecule has 2 aromatic carbocycles. The number of sulfonamides is 2. The highest BCUT2D eigenvalue weighted by Gasteiger charge is 2.33. The molecule has 0 aliphatic carbocycles. The molecule has 1 amide bonds. The van der Waals surface area contributed by atoms with Gasteiger partial charge in [-0.25, -0.2) is 16.8 Å². The Morgan fingerprint density at radius 1 is 1.10 bits per heavy atom. The number of fused-ring (bicyclic) bond motifs is 1. The molecule has 2 heterocycles. The predicted molar refractivity (Wildman–Crippen MR) is 185 cm³/mol. The van der Waals surface area contributed by atoms with E-state index in [-0.39, 0.29) is 57.8 Å². The van der Waals surface area contributed by atoms with Gasteiger partial charge in [0.2, 0.25) is 0 Å². The fourth-order valence-corrected chi connectivity index (χ4v) is 8.77. The Morgan fingerprint density at radius 3 is 2.48 bits per heavy atom. The highest BCUT2D eigenvalue weighted by Crippen LogP contribution is 2.30. The molecule has 0 fully saturated rings. The molecule has 0 spiro atoms. The molecule has 3 aromatic rings. The zero-order chi connectivity index (χ0) is 35.1. The Kier molecular flexibility index (Phi) is 12.9. The van der Waals surface area contributed by atoms with Gasteiger partial charge in [-0.1, -0.05) is 13.0 Å². The Balaban J connectivity index is 1.67.